The fourth-order valence-corrected chi connectivity index (χ4v) is 3.11. The molecule has 3 amide bonds. The van der Waals surface area contributed by atoms with Crippen molar-refractivity contribution in [2.45, 2.75) is 13.8 Å². The highest BCUT2D eigenvalue weighted by Crippen LogP contribution is 2.14. The number of amides is 3. The number of nitrogens with one attached hydrogen (secondary N) is 1. The van der Waals surface area contributed by atoms with Crippen molar-refractivity contribution >= 4 is 23.6 Å². The van der Waals surface area contributed by atoms with Gasteiger partial charge in [0.05, 0.1) is 11.3 Å². The van der Waals surface area contributed by atoms with Gasteiger partial charge in [-0.25, -0.2) is 14.6 Å². The van der Waals surface area contributed by atoms with Gasteiger partial charge in [0.1, 0.15) is 5.69 Å². The molecule has 0 saturated carbocycles. The molecule has 0 unspecified atom stereocenters. The van der Waals surface area contributed by atoms with Crippen LogP contribution >= 0.6 is 0 Å². The number of hydrogen-bond donors (Lipinski definition) is 2. The average Bonchev–Trinajstić information content (AvgIpc) is 2.67. The quantitative estimate of drug-likeness (QED) is 0.848. The maximum atomic E-state index is 12.6. The molecule has 8 heteroatoms. The highest BCUT2D eigenvalue weighted by molar-refractivity contribution is 5.95. The molecule has 0 aliphatic carbocycles. The van der Waals surface area contributed by atoms with E-state index in [2.05, 4.69) is 10.3 Å². The molecule has 0 spiro atoms. The van der Waals surface area contributed by atoms with Crippen LogP contribution in [0.25, 0.3) is 0 Å². The number of piperazine rings is 1. The van der Waals surface area contributed by atoms with E-state index in [1.54, 1.807) is 16.7 Å². The molecule has 146 valence electrons. The Bertz CT molecular complexity index is 920. The second-order valence-electron chi connectivity index (χ2n) is 6.71. The second-order valence-corrected chi connectivity index (χ2v) is 6.71. The van der Waals surface area contributed by atoms with E-state index in [-0.39, 0.29) is 23.2 Å². The van der Waals surface area contributed by atoms with Crippen molar-refractivity contribution in [3.8, 4) is 0 Å². The Morgan fingerprint density at radius 3 is 2.29 bits per heavy atom. The zero-order valence-electron chi connectivity index (χ0n) is 15.8. The van der Waals surface area contributed by atoms with Crippen LogP contribution in [0, 0.1) is 13.8 Å². The number of carbonyl (C=O) groups excluding carboxylic acids is 2. The summed E-state index contributed by atoms with van der Waals surface area (Å²) in [5, 5.41) is 11.9. The molecule has 1 aromatic carbocycles. The summed E-state index contributed by atoms with van der Waals surface area (Å²) in [5.74, 6) is -1.34. The van der Waals surface area contributed by atoms with Crippen molar-refractivity contribution in [3.63, 3.8) is 0 Å². The third-order valence-electron chi connectivity index (χ3n) is 4.66. The Labute approximate surface area is 162 Å². The summed E-state index contributed by atoms with van der Waals surface area (Å²) in [5.41, 5.74) is 2.38. The van der Waals surface area contributed by atoms with E-state index in [1.807, 2.05) is 31.2 Å². The Hall–Kier alpha value is -3.42. The van der Waals surface area contributed by atoms with E-state index in [4.69, 9.17) is 5.11 Å². The highest BCUT2D eigenvalue weighted by atomic mass is 16.4. The van der Waals surface area contributed by atoms with Crippen LogP contribution in [0.3, 0.4) is 0 Å². The number of benzene rings is 1. The summed E-state index contributed by atoms with van der Waals surface area (Å²) in [6.45, 7) is 5.13. The van der Waals surface area contributed by atoms with Crippen LogP contribution in [0.15, 0.2) is 36.4 Å². The second kappa shape index (κ2) is 8.08. The van der Waals surface area contributed by atoms with Gasteiger partial charge in [-0.05, 0) is 43.7 Å². The lowest BCUT2D eigenvalue weighted by Gasteiger charge is -2.34. The van der Waals surface area contributed by atoms with E-state index in [1.165, 1.54) is 12.1 Å². The molecular formula is C20H22N4O4. The van der Waals surface area contributed by atoms with Gasteiger partial charge in [0.25, 0.3) is 5.91 Å². The lowest BCUT2D eigenvalue weighted by molar-refractivity contribution is 0.0660. The van der Waals surface area contributed by atoms with Gasteiger partial charge in [0.2, 0.25) is 0 Å². The number of anilines is 1. The van der Waals surface area contributed by atoms with E-state index in [0.717, 1.165) is 11.3 Å². The SMILES string of the molecule is Cc1cccc(NC(=O)N2CCN(C(=O)c3ccc(C(=O)O)c(C)n3)CC2)c1. The number of carboxylic acid groups (broad SMARTS) is 1. The Kier molecular flexibility index (Phi) is 5.58. The number of aryl methyl sites for hydroxylation is 2. The molecule has 1 aliphatic heterocycles. The van der Waals surface area contributed by atoms with Gasteiger partial charge < -0.3 is 20.2 Å². The molecule has 0 bridgehead atoms. The van der Waals surface area contributed by atoms with Crippen LogP contribution in [0.2, 0.25) is 0 Å². The monoisotopic (exact) mass is 382 g/mol. The molecule has 0 atom stereocenters. The number of carboxylic acids is 1. The zero-order chi connectivity index (χ0) is 20.3. The summed E-state index contributed by atoms with van der Waals surface area (Å²) >= 11 is 0. The predicted molar refractivity (Wildman–Crippen MR) is 104 cm³/mol. The van der Waals surface area contributed by atoms with Crippen molar-refractivity contribution in [2.24, 2.45) is 0 Å². The first-order chi connectivity index (χ1) is 13.3. The van der Waals surface area contributed by atoms with Gasteiger partial charge in [0.15, 0.2) is 0 Å². The van der Waals surface area contributed by atoms with E-state index >= 15 is 0 Å². The minimum atomic E-state index is -1.07. The van der Waals surface area contributed by atoms with Gasteiger partial charge in [0, 0.05) is 31.9 Å². The van der Waals surface area contributed by atoms with Crippen molar-refractivity contribution in [1.82, 2.24) is 14.8 Å². The highest BCUT2D eigenvalue weighted by Gasteiger charge is 2.26. The number of nitrogens with zero attached hydrogens (tertiary/aromatic N) is 3. The number of urea groups is 1. The molecule has 2 heterocycles. The number of aromatic carboxylic acids is 1. The summed E-state index contributed by atoms with van der Waals surface area (Å²) in [6, 6.07) is 10.2. The lowest BCUT2D eigenvalue weighted by Crippen LogP contribution is -2.51. The van der Waals surface area contributed by atoms with E-state index in [0.29, 0.717) is 31.9 Å². The average molecular weight is 382 g/mol. The van der Waals surface area contributed by atoms with Gasteiger partial charge in [-0.2, -0.15) is 0 Å². The fraction of sp³-hybridized carbons (Fsp3) is 0.300. The summed E-state index contributed by atoms with van der Waals surface area (Å²) in [6.07, 6.45) is 0. The van der Waals surface area contributed by atoms with Gasteiger partial charge in [-0.15, -0.1) is 0 Å². The summed E-state index contributed by atoms with van der Waals surface area (Å²) in [4.78, 5) is 43.5. The molecule has 1 saturated heterocycles. The first kappa shape index (κ1) is 19.3. The first-order valence-corrected chi connectivity index (χ1v) is 8.98. The molecule has 3 rings (SSSR count). The van der Waals surface area contributed by atoms with Crippen LogP contribution in [-0.2, 0) is 0 Å². The van der Waals surface area contributed by atoms with Crippen LogP contribution in [-0.4, -0.2) is 64.0 Å². The molecule has 2 N–H and O–H groups in total. The number of rotatable bonds is 3. The normalized spacial score (nSPS) is 13.9. The summed E-state index contributed by atoms with van der Waals surface area (Å²) < 4.78 is 0. The first-order valence-electron chi connectivity index (χ1n) is 8.98. The molecule has 1 fully saturated rings. The minimum Gasteiger partial charge on any atom is -0.478 e. The van der Waals surface area contributed by atoms with Crippen LogP contribution in [0.5, 0.6) is 0 Å². The molecule has 28 heavy (non-hydrogen) atoms. The maximum Gasteiger partial charge on any atom is 0.337 e. The standard InChI is InChI=1S/C20H22N4O4/c1-13-4-3-5-15(12-13)22-20(28)24-10-8-23(9-11-24)18(25)17-7-6-16(19(26)27)14(2)21-17/h3-7,12H,8-11H2,1-2H3,(H,22,28)(H,26,27). The van der Waals surface area contributed by atoms with E-state index < -0.39 is 5.97 Å². The van der Waals surface area contributed by atoms with Crippen LogP contribution < -0.4 is 5.32 Å². The lowest BCUT2D eigenvalue weighted by atomic mass is 10.1. The number of carbonyl (C=O) groups is 3. The van der Waals surface area contributed by atoms with E-state index in [9.17, 15) is 14.4 Å². The largest absolute Gasteiger partial charge is 0.478 e. The van der Waals surface area contributed by atoms with Gasteiger partial charge in [-0.3, -0.25) is 4.79 Å². The Balaban J connectivity index is 1.58. The number of aromatic nitrogens is 1. The zero-order valence-corrected chi connectivity index (χ0v) is 15.8. The van der Waals surface area contributed by atoms with Gasteiger partial charge in [-0.1, -0.05) is 12.1 Å². The number of pyridine rings is 1. The number of hydrogen-bond acceptors (Lipinski definition) is 4. The molecule has 2 aromatic rings. The smallest absolute Gasteiger partial charge is 0.337 e. The molecule has 1 aromatic heterocycles. The van der Waals surface area contributed by atoms with Crippen molar-refractivity contribution < 1.29 is 19.5 Å². The molecule has 1 aliphatic rings. The van der Waals surface area contributed by atoms with Crippen LogP contribution in [0.1, 0.15) is 32.1 Å². The Morgan fingerprint density at radius 1 is 1.00 bits per heavy atom. The maximum absolute atomic E-state index is 12.6. The molecule has 0 radical (unpaired) electrons. The predicted octanol–water partition coefficient (Wildman–Crippen LogP) is 2.39. The molecule has 8 nitrogen and oxygen atoms in total. The topological polar surface area (TPSA) is 103 Å². The summed E-state index contributed by atoms with van der Waals surface area (Å²) in [7, 11) is 0. The van der Waals surface area contributed by atoms with Gasteiger partial charge >= 0.3 is 12.0 Å². The Morgan fingerprint density at radius 2 is 1.68 bits per heavy atom. The van der Waals surface area contributed by atoms with Crippen LogP contribution in [0.4, 0.5) is 10.5 Å². The van der Waals surface area contributed by atoms with Crippen molar-refractivity contribution in [3.05, 3.63) is 58.9 Å². The third kappa shape index (κ3) is 4.28. The van der Waals surface area contributed by atoms with Crippen molar-refractivity contribution in [1.29, 1.82) is 0 Å². The minimum absolute atomic E-state index is 0.0780. The molecular weight excluding hydrogens is 360 g/mol. The fourth-order valence-electron chi connectivity index (χ4n) is 3.11. The third-order valence-corrected chi connectivity index (χ3v) is 4.66. The van der Waals surface area contributed by atoms with Crippen molar-refractivity contribution in [2.75, 3.05) is 31.5 Å².